The molecule has 0 aromatic rings. The summed E-state index contributed by atoms with van der Waals surface area (Å²) in [5.74, 6) is 0. The molecular weight excluding hydrogens is 326 g/mol. The van der Waals surface area contributed by atoms with Gasteiger partial charge in [0, 0.05) is 13.1 Å². The summed E-state index contributed by atoms with van der Waals surface area (Å²) in [6, 6.07) is -5.17. The van der Waals surface area contributed by atoms with E-state index in [2.05, 4.69) is 0 Å². The lowest BCUT2D eigenvalue weighted by Crippen LogP contribution is -2.57. The standard InChI is InChI=1S/C14H24F6N2O/c1-3-5-7-9-22(10-8-6-4-2)12(23)21-11(13(15,16)17)14(18,19)20/h11H,3-10H2,1-2H3,(H,21,23). The van der Waals surface area contributed by atoms with Crippen LogP contribution in [0.1, 0.15) is 52.4 Å². The number of nitrogens with one attached hydrogen (secondary N) is 1. The number of halogens is 6. The Morgan fingerprint density at radius 3 is 1.57 bits per heavy atom. The van der Waals surface area contributed by atoms with E-state index >= 15 is 0 Å². The van der Waals surface area contributed by atoms with E-state index in [-0.39, 0.29) is 13.1 Å². The summed E-state index contributed by atoms with van der Waals surface area (Å²) >= 11 is 0. The number of nitrogens with zero attached hydrogens (tertiary/aromatic N) is 1. The molecule has 9 heteroatoms. The average Bonchev–Trinajstić information content (AvgIpc) is 2.40. The van der Waals surface area contributed by atoms with Crippen molar-refractivity contribution in [1.29, 1.82) is 0 Å². The zero-order chi connectivity index (χ0) is 18.1. The molecule has 0 aliphatic heterocycles. The minimum atomic E-state index is -5.58. The number of carbonyl (C=O) groups is 1. The number of carbonyl (C=O) groups excluding carboxylic acids is 1. The van der Waals surface area contributed by atoms with E-state index in [1.54, 1.807) is 0 Å². The first kappa shape index (κ1) is 21.9. The first-order valence-electron chi connectivity index (χ1n) is 7.72. The Bertz CT molecular complexity index is 319. The lowest BCUT2D eigenvalue weighted by Gasteiger charge is -2.28. The van der Waals surface area contributed by atoms with Gasteiger partial charge in [0.2, 0.25) is 6.04 Å². The van der Waals surface area contributed by atoms with Gasteiger partial charge in [-0.2, -0.15) is 26.3 Å². The van der Waals surface area contributed by atoms with Crippen LogP contribution in [0.5, 0.6) is 0 Å². The molecule has 1 N–H and O–H groups in total. The highest BCUT2D eigenvalue weighted by molar-refractivity contribution is 5.74. The normalized spacial score (nSPS) is 12.6. The molecule has 0 saturated heterocycles. The molecule has 0 saturated carbocycles. The molecule has 0 aliphatic carbocycles. The van der Waals surface area contributed by atoms with Crippen LogP contribution in [0.25, 0.3) is 0 Å². The van der Waals surface area contributed by atoms with Crippen LogP contribution in [-0.2, 0) is 0 Å². The molecule has 23 heavy (non-hydrogen) atoms. The van der Waals surface area contributed by atoms with Gasteiger partial charge in [-0.1, -0.05) is 39.5 Å². The third-order valence-electron chi connectivity index (χ3n) is 3.27. The van der Waals surface area contributed by atoms with Gasteiger partial charge < -0.3 is 10.2 Å². The fourth-order valence-corrected chi connectivity index (χ4v) is 1.98. The van der Waals surface area contributed by atoms with Crippen molar-refractivity contribution in [2.45, 2.75) is 70.8 Å². The number of urea groups is 1. The molecule has 3 nitrogen and oxygen atoms in total. The summed E-state index contributed by atoms with van der Waals surface area (Å²) in [6.07, 6.45) is -6.91. The molecule has 2 amide bonds. The summed E-state index contributed by atoms with van der Waals surface area (Å²) in [6.45, 7) is 4.10. The Balaban J connectivity index is 4.88. The number of rotatable bonds is 9. The summed E-state index contributed by atoms with van der Waals surface area (Å²) < 4.78 is 75.0. The van der Waals surface area contributed by atoms with Gasteiger partial charge in [0.25, 0.3) is 0 Å². The quantitative estimate of drug-likeness (QED) is 0.467. The van der Waals surface area contributed by atoms with E-state index in [1.165, 1.54) is 0 Å². The van der Waals surface area contributed by atoms with E-state index < -0.39 is 24.4 Å². The highest BCUT2D eigenvalue weighted by Gasteiger charge is 2.57. The molecule has 0 heterocycles. The number of unbranched alkanes of at least 4 members (excludes halogenated alkanes) is 4. The van der Waals surface area contributed by atoms with Gasteiger partial charge in [-0.15, -0.1) is 0 Å². The largest absolute Gasteiger partial charge is 0.417 e. The summed E-state index contributed by atoms with van der Waals surface area (Å²) in [7, 11) is 0. The molecule has 138 valence electrons. The van der Waals surface area contributed by atoms with Gasteiger partial charge in [0.15, 0.2) is 0 Å². The van der Waals surface area contributed by atoms with Crippen LogP contribution < -0.4 is 5.32 Å². The zero-order valence-electron chi connectivity index (χ0n) is 13.4. The number of hydrogen-bond donors (Lipinski definition) is 1. The molecule has 0 spiro atoms. The van der Waals surface area contributed by atoms with Crippen LogP contribution in [0.15, 0.2) is 0 Å². The Morgan fingerprint density at radius 2 is 1.26 bits per heavy atom. The maximum Gasteiger partial charge on any atom is 0.417 e. The fourth-order valence-electron chi connectivity index (χ4n) is 1.98. The van der Waals surface area contributed by atoms with Crippen molar-refractivity contribution in [3.05, 3.63) is 0 Å². The van der Waals surface area contributed by atoms with Crippen molar-refractivity contribution in [2.75, 3.05) is 13.1 Å². The summed E-state index contributed by atoms with van der Waals surface area (Å²) in [4.78, 5) is 12.9. The Kier molecular flexibility index (Phi) is 9.38. The molecule has 0 atom stereocenters. The molecule has 0 aliphatic rings. The number of alkyl halides is 6. The average molecular weight is 350 g/mol. The van der Waals surface area contributed by atoms with E-state index in [4.69, 9.17) is 0 Å². The maximum absolute atomic E-state index is 12.5. The molecular formula is C14H24F6N2O. The second-order valence-electron chi connectivity index (χ2n) is 5.37. The molecule has 0 unspecified atom stereocenters. The van der Waals surface area contributed by atoms with Crippen molar-refractivity contribution >= 4 is 6.03 Å². The van der Waals surface area contributed by atoms with Crippen LogP contribution in [-0.4, -0.2) is 42.4 Å². The van der Waals surface area contributed by atoms with Gasteiger partial charge in [-0.3, -0.25) is 0 Å². The lowest BCUT2D eigenvalue weighted by molar-refractivity contribution is -0.255. The fraction of sp³-hybridized carbons (Fsp3) is 0.929. The number of amides is 2. The van der Waals surface area contributed by atoms with Crippen LogP contribution in [0.2, 0.25) is 0 Å². The van der Waals surface area contributed by atoms with E-state index in [0.29, 0.717) is 12.8 Å². The van der Waals surface area contributed by atoms with Crippen molar-refractivity contribution in [3.63, 3.8) is 0 Å². The zero-order valence-corrected chi connectivity index (χ0v) is 13.4. The summed E-state index contributed by atoms with van der Waals surface area (Å²) in [5.41, 5.74) is 0. The lowest BCUT2D eigenvalue weighted by atomic mass is 10.2. The predicted octanol–water partition coefficient (Wildman–Crippen LogP) is 4.87. The molecule has 0 bridgehead atoms. The highest BCUT2D eigenvalue weighted by atomic mass is 19.4. The third-order valence-corrected chi connectivity index (χ3v) is 3.27. The van der Waals surface area contributed by atoms with Crippen LogP contribution in [0.4, 0.5) is 31.1 Å². The van der Waals surface area contributed by atoms with Crippen molar-refractivity contribution in [2.24, 2.45) is 0 Å². The SMILES string of the molecule is CCCCCN(CCCCC)C(=O)NC(C(F)(F)F)C(F)(F)F. The third kappa shape index (κ3) is 8.90. The summed E-state index contributed by atoms with van der Waals surface area (Å²) in [5, 5.41) is 1.09. The second-order valence-corrected chi connectivity index (χ2v) is 5.37. The van der Waals surface area contributed by atoms with Crippen molar-refractivity contribution in [1.82, 2.24) is 10.2 Å². The highest BCUT2D eigenvalue weighted by Crippen LogP contribution is 2.33. The van der Waals surface area contributed by atoms with Crippen molar-refractivity contribution in [3.8, 4) is 0 Å². The van der Waals surface area contributed by atoms with E-state index in [1.807, 2.05) is 13.8 Å². The van der Waals surface area contributed by atoms with Gasteiger partial charge in [0.05, 0.1) is 0 Å². The maximum atomic E-state index is 12.5. The molecule has 0 rings (SSSR count). The first-order valence-corrected chi connectivity index (χ1v) is 7.72. The molecule has 0 aromatic carbocycles. The smallest absolute Gasteiger partial charge is 0.325 e. The Labute approximate surface area is 132 Å². The molecule has 0 aromatic heterocycles. The van der Waals surface area contributed by atoms with Crippen LogP contribution in [0.3, 0.4) is 0 Å². The minimum absolute atomic E-state index is 0.145. The Hall–Kier alpha value is -1.15. The van der Waals surface area contributed by atoms with E-state index in [9.17, 15) is 31.1 Å². The monoisotopic (exact) mass is 350 g/mol. The van der Waals surface area contributed by atoms with Crippen LogP contribution >= 0.6 is 0 Å². The number of hydrogen-bond acceptors (Lipinski definition) is 1. The van der Waals surface area contributed by atoms with Crippen molar-refractivity contribution < 1.29 is 31.1 Å². The van der Waals surface area contributed by atoms with Gasteiger partial charge >= 0.3 is 18.4 Å². The minimum Gasteiger partial charge on any atom is -0.325 e. The molecule has 0 fully saturated rings. The first-order chi connectivity index (χ1) is 10.5. The predicted molar refractivity (Wildman–Crippen MR) is 75.1 cm³/mol. The van der Waals surface area contributed by atoms with Gasteiger partial charge in [0.1, 0.15) is 0 Å². The van der Waals surface area contributed by atoms with E-state index in [0.717, 1.165) is 35.9 Å². The van der Waals surface area contributed by atoms with Gasteiger partial charge in [-0.05, 0) is 12.8 Å². The van der Waals surface area contributed by atoms with Crippen LogP contribution in [0, 0.1) is 0 Å². The molecule has 0 radical (unpaired) electrons. The Morgan fingerprint density at radius 1 is 0.870 bits per heavy atom. The topological polar surface area (TPSA) is 32.3 Å². The van der Waals surface area contributed by atoms with Gasteiger partial charge in [-0.25, -0.2) is 4.79 Å². The second kappa shape index (κ2) is 9.87.